The van der Waals surface area contributed by atoms with Gasteiger partial charge in [0.2, 0.25) is 0 Å². The van der Waals surface area contributed by atoms with Crippen LogP contribution in [-0.2, 0) is 9.53 Å². The van der Waals surface area contributed by atoms with Crippen LogP contribution >= 0.6 is 0 Å². The maximum absolute atomic E-state index is 12.4. The van der Waals surface area contributed by atoms with Crippen LogP contribution in [0.15, 0.2) is 41.7 Å². The Kier molecular flexibility index (Phi) is 4.44. The van der Waals surface area contributed by atoms with E-state index in [1.54, 1.807) is 0 Å². The smallest absolute Gasteiger partial charge is 0.339 e. The molecule has 0 radical (unpaired) electrons. The molecule has 1 fully saturated rings. The van der Waals surface area contributed by atoms with E-state index in [-0.39, 0.29) is 29.9 Å². The molecule has 1 aromatic carbocycles. The number of carbonyl (C=O) groups is 1. The van der Waals surface area contributed by atoms with Gasteiger partial charge in [-0.3, -0.25) is 4.90 Å². The highest BCUT2D eigenvalue weighted by atomic mass is 16.5. The molecule has 0 saturated carbocycles. The number of esters is 1. The zero-order valence-corrected chi connectivity index (χ0v) is 14.0. The van der Waals surface area contributed by atoms with Crippen LogP contribution in [0.25, 0.3) is 0 Å². The molecule has 0 amide bonds. The average molecular weight is 315 g/mol. The van der Waals surface area contributed by atoms with Crippen molar-refractivity contribution < 1.29 is 14.6 Å². The van der Waals surface area contributed by atoms with Crippen molar-refractivity contribution >= 4 is 5.97 Å². The van der Waals surface area contributed by atoms with Crippen molar-refractivity contribution in [2.24, 2.45) is 0 Å². The standard InChI is InChI=1S/C19H25NO3/c1-12(2)23-19(22)18-16-10-9-15(11-17(18)21)20(16)13(3)14-7-5-4-6-8-14/h4-8,12-13,15-16,21H,9-11H2,1-3H3/t13-,15?,16?/m1/s1. The fraction of sp³-hybridized carbons (Fsp3) is 0.526. The lowest BCUT2D eigenvalue weighted by Crippen LogP contribution is -2.45. The van der Waals surface area contributed by atoms with Crippen molar-refractivity contribution in [3.63, 3.8) is 0 Å². The summed E-state index contributed by atoms with van der Waals surface area (Å²) in [6, 6.07) is 10.8. The predicted molar refractivity (Wildman–Crippen MR) is 89.0 cm³/mol. The van der Waals surface area contributed by atoms with E-state index in [0.717, 1.165) is 12.8 Å². The Morgan fingerprint density at radius 2 is 1.91 bits per heavy atom. The number of rotatable bonds is 4. The molecule has 2 unspecified atom stereocenters. The van der Waals surface area contributed by atoms with E-state index in [9.17, 15) is 9.90 Å². The first-order valence-electron chi connectivity index (χ1n) is 8.44. The first kappa shape index (κ1) is 16.1. The minimum Gasteiger partial charge on any atom is -0.512 e. The number of benzene rings is 1. The van der Waals surface area contributed by atoms with Gasteiger partial charge >= 0.3 is 5.97 Å². The molecule has 0 aromatic heterocycles. The molecule has 3 rings (SSSR count). The van der Waals surface area contributed by atoms with Crippen LogP contribution in [0.2, 0.25) is 0 Å². The third-order valence-corrected chi connectivity index (χ3v) is 4.92. The molecule has 1 saturated heterocycles. The zero-order chi connectivity index (χ0) is 16.6. The Labute approximate surface area is 137 Å². The zero-order valence-electron chi connectivity index (χ0n) is 14.0. The number of hydrogen-bond acceptors (Lipinski definition) is 4. The fourth-order valence-electron chi connectivity index (χ4n) is 3.95. The van der Waals surface area contributed by atoms with Gasteiger partial charge in [-0.05, 0) is 39.2 Å². The fourth-order valence-corrected chi connectivity index (χ4v) is 3.95. The highest BCUT2D eigenvalue weighted by Gasteiger charge is 2.46. The van der Waals surface area contributed by atoms with Gasteiger partial charge in [0, 0.05) is 24.5 Å². The summed E-state index contributed by atoms with van der Waals surface area (Å²) in [5.74, 6) is -0.146. The van der Waals surface area contributed by atoms with Crippen molar-refractivity contribution in [3.8, 4) is 0 Å². The van der Waals surface area contributed by atoms with E-state index >= 15 is 0 Å². The number of fused-ring (bicyclic) bond motifs is 2. The lowest BCUT2D eigenvalue weighted by molar-refractivity contribution is -0.144. The maximum atomic E-state index is 12.4. The van der Waals surface area contributed by atoms with Crippen LogP contribution in [0, 0.1) is 0 Å². The summed E-state index contributed by atoms with van der Waals surface area (Å²) in [6.45, 7) is 5.84. The minimum absolute atomic E-state index is 0.0461. The summed E-state index contributed by atoms with van der Waals surface area (Å²) < 4.78 is 5.36. The van der Waals surface area contributed by atoms with Crippen molar-refractivity contribution in [2.45, 2.75) is 64.3 Å². The highest BCUT2D eigenvalue weighted by Crippen LogP contribution is 2.43. The maximum Gasteiger partial charge on any atom is 0.339 e. The first-order chi connectivity index (χ1) is 11.0. The summed E-state index contributed by atoms with van der Waals surface area (Å²) in [7, 11) is 0. The lowest BCUT2D eigenvalue weighted by atomic mass is 9.95. The van der Waals surface area contributed by atoms with Crippen LogP contribution in [-0.4, -0.2) is 34.2 Å². The molecule has 124 valence electrons. The normalized spacial score (nSPS) is 25.7. The second-order valence-electron chi connectivity index (χ2n) is 6.80. The Bertz CT molecular complexity index is 608. The largest absolute Gasteiger partial charge is 0.512 e. The highest BCUT2D eigenvalue weighted by molar-refractivity contribution is 5.91. The van der Waals surface area contributed by atoms with Gasteiger partial charge in [-0.25, -0.2) is 4.79 Å². The van der Waals surface area contributed by atoms with Crippen LogP contribution in [0.4, 0.5) is 0 Å². The number of nitrogens with zero attached hydrogens (tertiary/aromatic N) is 1. The van der Waals surface area contributed by atoms with Gasteiger partial charge < -0.3 is 9.84 Å². The van der Waals surface area contributed by atoms with E-state index in [2.05, 4.69) is 24.0 Å². The summed E-state index contributed by atoms with van der Waals surface area (Å²) in [5, 5.41) is 10.4. The Morgan fingerprint density at radius 1 is 1.22 bits per heavy atom. The molecule has 4 heteroatoms. The molecular formula is C19H25NO3. The second-order valence-corrected chi connectivity index (χ2v) is 6.80. The molecule has 2 aliphatic rings. The molecule has 3 atom stereocenters. The van der Waals surface area contributed by atoms with Gasteiger partial charge in [-0.2, -0.15) is 0 Å². The van der Waals surface area contributed by atoms with E-state index < -0.39 is 0 Å². The van der Waals surface area contributed by atoms with E-state index in [0.29, 0.717) is 18.0 Å². The molecule has 1 N–H and O–H groups in total. The van der Waals surface area contributed by atoms with Gasteiger partial charge in [0.25, 0.3) is 0 Å². The van der Waals surface area contributed by atoms with Gasteiger partial charge in [0.1, 0.15) is 5.76 Å². The summed E-state index contributed by atoms with van der Waals surface area (Å²) in [4.78, 5) is 14.8. The van der Waals surface area contributed by atoms with Crippen molar-refractivity contribution in [1.29, 1.82) is 0 Å². The number of carbonyl (C=O) groups excluding carboxylic acids is 1. The second kappa shape index (κ2) is 6.36. The van der Waals surface area contributed by atoms with E-state index in [4.69, 9.17) is 4.74 Å². The lowest BCUT2D eigenvalue weighted by Gasteiger charge is -2.39. The van der Waals surface area contributed by atoms with Gasteiger partial charge in [-0.1, -0.05) is 30.3 Å². The topological polar surface area (TPSA) is 49.8 Å². The molecule has 4 nitrogen and oxygen atoms in total. The van der Waals surface area contributed by atoms with Gasteiger partial charge in [-0.15, -0.1) is 0 Å². The molecule has 2 heterocycles. The van der Waals surface area contributed by atoms with Crippen molar-refractivity contribution in [3.05, 3.63) is 47.2 Å². The quantitative estimate of drug-likeness (QED) is 0.860. The monoisotopic (exact) mass is 315 g/mol. The Balaban J connectivity index is 1.89. The summed E-state index contributed by atoms with van der Waals surface area (Å²) in [5.41, 5.74) is 1.71. The van der Waals surface area contributed by atoms with Crippen LogP contribution in [0.3, 0.4) is 0 Å². The molecule has 2 aliphatic heterocycles. The number of aliphatic hydroxyl groups excluding tert-OH is 1. The molecule has 0 aliphatic carbocycles. The number of ether oxygens (including phenoxy) is 1. The summed E-state index contributed by atoms with van der Waals surface area (Å²) in [6.07, 6.45) is 2.26. The predicted octanol–water partition coefficient (Wildman–Crippen LogP) is 3.75. The van der Waals surface area contributed by atoms with E-state index in [1.807, 2.05) is 32.0 Å². The third-order valence-electron chi connectivity index (χ3n) is 4.92. The molecule has 0 spiro atoms. The summed E-state index contributed by atoms with van der Waals surface area (Å²) >= 11 is 0. The van der Waals surface area contributed by atoms with Crippen molar-refractivity contribution in [2.75, 3.05) is 0 Å². The van der Waals surface area contributed by atoms with Crippen LogP contribution in [0.1, 0.15) is 51.6 Å². The first-order valence-corrected chi connectivity index (χ1v) is 8.44. The third kappa shape index (κ3) is 3.00. The Morgan fingerprint density at radius 3 is 2.57 bits per heavy atom. The van der Waals surface area contributed by atoms with E-state index in [1.165, 1.54) is 5.56 Å². The molecule has 23 heavy (non-hydrogen) atoms. The van der Waals surface area contributed by atoms with Crippen molar-refractivity contribution in [1.82, 2.24) is 4.90 Å². The van der Waals surface area contributed by atoms with Gasteiger partial charge in [0.05, 0.1) is 11.7 Å². The SMILES string of the molecule is CC(C)OC(=O)C1=C(O)CC2CCC1N2[C@H](C)c1ccccc1. The van der Waals surface area contributed by atoms with Gasteiger partial charge in [0.15, 0.2) is 0 Å². The molecule has 2 bridgehead atoms. The Hall–Kier alpha value is -1.81. The number of hydrogen-bond donors (Lipinski definition) is 1. The number of aliphatic hydroxyl groups is 1. The van der Waals surface area contributed by atoms with Crippen LogP contribution in [0.5, 0.6) is 0 Å². The van der Waals surface area contributed by atoms with Crippen LogP contribution < -0.4 is 0 Å². The average Bonchev–Trinajstić information content (AvgIpc) is 2.81. The molecule has 1 aromatic rings. The molecular weight excluding hydrogens is 290 g/mol. The minimum atomic E-state index is -0.367.